The summed E-state index contributed by atoms with van der Waals surface area (Å²) in [7, 11) is 0. The van der Waals surface area contributed by atoms with Crippen LogP contribution in [0.15, 0.2) is 18.2 Å². The van der Waals surface area contributed by atoms with E-state index in [1.807, 2.05) is 26.0 Å². The zero-order chi connectivity index (χ0) is 9.26. The van der Waals surface area contributed by atoms with E-state index in [-0.39, 0.29) is 0 Å². The lowest BCUT2D eigenvalue weighted by molar-refractivity contribution is 0.898. The van der Waals surface area contributed by atoms with Crippen LogP contribution >= 0.6 is 0 Å². The van der Waals surface area contributed by atoms with E-state index < -0.39 is 0 Å². The molecule has 1 aliphatic carbocycles. The number of nitrogens with zero attached hydrogens (tertiary/aromatic N) is 3. The van der Waals surface area contributed by atoms with Crippen molar-refractivity contribution in [2.75, 3.05) is 0 Å². The predicted molar refractivity (Wildman–Crippen MR) is 51.0 cm³/mol. The molecule has 3 nitrogen and oxygen atoms in total. The van der Waals surface area contributed by atoms with Gasteiger partial charge < -0.3 is 0 Å². The largest absolute Gasteiger partial charge is 0.219 e. The van der Waals surface area contributed by atoms with Crippen molar-refractivity contribution in [3.63, 3.8) is 0 Å². The molecule has 2 rings (SSSR count). The summed E-state index contributed by atoms with van der Waals surface area (Å²) < 4.78 is 0. The number of aromatic nitrogens is 3. The molecule has 66 valence electrons. The highest BCUT2D eigenvalue weighted by atomic mass is 15.0. The average molecular weight is 173 g/mol. The fourth-order valence-corrected chi connectivity index (χ4v) is 1.37. The van der Waals surface area contributed by atoms with Crippen LogP contribution in [0.2, 0.25) is 0 Å². The van der Waals surface area contributed by atoms with Gasteiger partial charge in [-0.25, -0.2) is 15.0 Å². The Bertz CT molecular complexity index is 371. The Labute approximate surface area is 77.3 Å². The summed E-state index contributed by atoms with van der Waals surface area (Å²) in [6.45, 7) is 3.78. The highest BCUT2D eigenvalue weighted by Gasteiger charge is 2.07. The van der Waals surface area contributed by atoms with Gasteiger partial charge >= 0.3 is 0 Å². The van der Waals surface area contributed by atoms with Gasteiger partial charge in [0.2, 0.25) is 0 Å². The molecule has 0 saturated heterocycles. The highest BCUT2D eigenvalue weighted by Crippen LogP contribution is 2.19. The summed E-state index contributed by atoms with van der Waals surface area (Å²) in [5.41, 5.74) is 1.17. The molecule has 0 N–H and O–H groups in total. The molecule has 0 fully saturated rings. The SMILES string of the molecule is Cc1nc(C)nc(C2=CC=CC2)n1. The number of allylic oxidation sites excluding steroid dienone is 4. The van der Waals surface area contributed by atoms with Gasteiger partial charge in [0.15, 0.2) is 5.82 Å². The van der Waals surface area contributed by atoms with E-state index in [2.05, 4.69) is 21.0 Å². The number of aryl methyl sites for hydroxylation is 2. The lowest BCUT2D eigenvalue weighted by Gasteiger charge is -2.01. The van der Waals surface area contributed by atoms with Gasteiger partial charge in [-0.3, -0.25) is 0 Å². The molecule has 0 aromatic carbocycles. The second-order valence-corrected chi connectivity index (χ2v) is 3.08. The number of hydrogen-bond donors (Lipinski definition) is 0. The molecule has 1 aromatic heterocycles. The first-order chi connectivity index (χ1) is 6.25. The molecule has 0 spiro atoms. The quantitative estimate of drug-likeness (QED) is 0.650. The summed E-state index contributed by atoms with van der Waals surface area (Å²) in [4.78, 5) is 12.7. The van der Waals surface area contributed by atoms with Crippen LogP contribution in [0.5, 0.6) is 0 Å². The van der Waals surface area contributed by atoms with Crippen molar-refractivity contribution in [2.45, 2.75) is 20.3 Å². The molecule has 0 amide bonds. The van der Waals surface area contributed by atoms with Crippen LogP contribution in [-0.2, 0) is 0 Å². The zero-order valence-electron chi connectivity index (χ0n) is 7.78. The average Bonchev–Trinajstić information content (AvgIpc) is 2.53. The van der Waals surface area contributed by atoms with E-state index in [4.69, 9.17) is 0 Å². The molecular formula is C10H11N3. The molecule has 0 aliphatic heterocycles. The van der Waals surface area contributed by atoms with Crippen LogP contribution in [0, 0.1) is 13.8 Å². The molecule has 0 radical (unpaired) electrons. The molecule has 13 heavy (non-hydrogen) atoms. The molecular weight excluding hydrogens is 162 g/mol. The van der Waals surface area contributed by atoms with Crippen LogP contribution < -0.4 is 0 Å². The monoisotopic (exact) mass is 173 g/mol. The number of rotatable bonds is 1. The molecule has 0 bridgehead atoms. The normalized spacial score (nSPS) is 14.8. The second kappa shape index (κ2) is 3.09. The Morgan fingerprint density at radius 3 is 2.31 bits per heavy atom. The van der Waals surface area contributed by atoms with Crippen molar-refractivity contribution in [2.24, 2.45) is 0 Å². The summed E-state index contributed by atoms with van der Waals surface area (Å²) in [5, 5.41) is 0. The van der Waals surface area contributed by atoms with Gasteiger partial charge in [-0.15, -0.1) is 0 Å². The predicted octanol–water partition coefficient (Wildman–Crippen LogP) is 1.83. The van der Waals surface area contributed by atoms with E-state index in [1.165, 1.54) is 5.57 Å². The maximum atomic E-state index is 4.29. The third kappa shape index (κ3) is 1.64. The van der Waals surface area contributed by atoms with E-state index in [0.717, 1.165) is 23.9 Å². The summed E-state index contributed by atoms with van der Waals surface area (Å²) in [6, 6.07) is 0. The van der Waals surface area contributed by atoms with Crippen molar-refractivity contribution in [3.8, 4) is 0 Å². The topological polar surface area (TPSA) is 38.7 Å². The summed E-state index contributed by atoms with van der Waals surface area (Å²) >= 11 is 0. The van der Waals surface area contributed by atoms with Crippen molar-refractivity contribution >= 4 is 5.57 Å². The van der Waals surface area contributed by atoms with Crippen molar-refractivity contribution < 1.29 is 0 Å². The second-order valence-electron chi connectivity index (χ2n) is 3.08. The fraction of sp³-hybridized carbons (Fsp3) is 0.300. The highest BCUT2D eigenvalue weighted by molar-refractivity contribution is 5.65. The van der Waals surface area contributed by atoms with Crippen LogP contribution in [0.4, 0.5) is 0 Å². The minimum absolute atomic E-state index is 0.787. The molecule has 3 heteroatoms. The van der Waals surface area contributed by atoms with E-state index in [9.17, 15) is 0 Å². The van der Waals surface area contributed by atoms with Crippen LogP contribution in [0.25, 0.3) is 5.57 Å². The maximum absolute atomic E-state index is 4.29. The smallest absolute Gasteiger partial charge is 0.159 e. The van der Waals surface area contributed by atoms with Crippen molar-refractivity contribution in [3.05, 3.63) is 35.7 Å². The van der Waals surface area contributed by atoms with Gasteiger partial charge in [-0.1, -0.05) is 18.2 Å². The first-order valence-electron chi connectivity index (χ1n) is 4.31. The molecule has 0 unspecified atom stereocenters. The minimum Gasteiger partial charge on any atom is -0.219 e. The Morgan fingerprint density at radius 1 is 1.08 bits per heavy atom. The van der Waals surface area contributed by atoms with E-state index in [1.54, 1.807) is 0 Å². The summed E-state index contributed by atoms with van der Waals surface area (Å²) in [6.07, 6.45) is 7.12. The van der Waals surface area contributed by atoms with Gasteiger partial charge in [0.25, 0.3) is 0 Å². The first-order valence-corrected chi connectivity index (χ1v) is 4.31. The molecule has 1 aromatic rings. The van der Waals surface area contributed by atoms with Gasteiger partial charge in [0, 0.05) is 5.57 Å². The minimum atomic E-state index is 0.787. The van der Waals surface area contributed by atoms with Crippen LogP contribution in [0.3, 0.4) is 0 Å². The Morgan fingerprint density at radius 2 is 1.77 bits per heavy atom. The Kier molecular flexibility index (Phi) is 1.93. The van der Waals surface area contributed by atoms with Gasteiger partial charge in [0.05, 0.1) is 0 Å². The van der Waals surface area contributed by atoms with E-state index >= 15 is 0 Å². The molecule has 1 aliphatic rings. The maximum Gasteiger partial charge on any atom is 0.159 e. The lowest BCUT2D eigenvalue weighted by atomic mass is 10.2. The van der Waals surface area contributed by atoms with Crippen LogP contribution in [-0.4, -0.2) is 15.0 Å². The third-order valence-electron chi connectivity index (χ3n) is 1.92. The van der Waals surface area contributed by atoms with Gasteiger partial charge in [-0.05, 0) is 20.3 Å². The fourth-order valence-electron chi connectivity index (χ4n) is 1.37. The van der Waals surface area contributed by atoms with Crippen LogP contribution in [0.1, 0.15) is 23.9 Å². The van der Waals surface area contributed by atoms with Gasteiger partial charge in [-0.2, -0.15) is 0 Å². The Hall–Kier alpha value is -1.51. The van der Waals surface area contributed by atoms with E-state index in [0.29, 0.717) is 0 Å². The molecule has 0 saturated carbocycles. The van der Waals surface area contributed by atoms with Crippen molar-refractivity contribution in [1.82, 2.24) is 15.0 Å². The molecule has 0 atom stereocenters. The standard InChI is InChI=1S/C10H11N3/c1-7-11-8(2)13-10(12-7)9-5-3-4-6-9/h3-5H,6H2,1-2H3. The number of hydrogen-bond acceptors (Lipinski definition) is 3. The third-order valence-corrected chi connectivity index (χ3v) is 1.92. The van der Waals surface area contributed by atoms with Gasteiger partial charge in [0.1, 0.15) is 11.6 Å². The zero-order valence-corrected chi connectivity index (χ0v) is 7.78. The van der Waals surface area contributed by atoms with Crippen molar-refractivity contribution in [1.29, 1.82) is 0 Å². The molecule has 1 heterocycles. The first kappa shape index (κ1) is 8.10. The lowest BCUT2D eigenvalue weighted by Crippen LogP contribution is -2.01. The summed E-state index contributed by atoms with van der Waals surface area (Å²) in [5.74, 6) is 2.39. The Balaban J connectivity index is 2.40.